The van der Waals surface area contributed by atoms with Crippen molar-refractivity contribution >= 4 is 11.7 Å². The lowest BCUT2D eigenvalue weighted by Crippen LogP contribution is -2.45. The Morgan fingerprint density at radius 1 is 1.27 bits per heavy atom. The van der Waals surface area contributed by atoms with E-state index in [1.807, 2.05) is 18.2 Å². The maximum absolute atomic E-state index is 12.3. The van der Waals surface area contributed by atoms with Crippen molar-refractivity contribution in [1.29, 1.82) is 0 Å². The summed E-state index contributed by atoms with van der Waals surface area (Å²) in [5, 5.41) is 13.8. The molecule has 2 heterocycles. The Morgan fingerprint density at radius 3 is 2.57 bits per heavy atom. The van der Waals surface area contributed by atoms with Crippen molar-refractivity contribution < 1.29 is 14.5 Å². The molecule has 1 aromatic heterocycles. The molecule has 2 aromatic rings. The second-order valence-corrected chi connectivity index (χ2v) is 7.84. The number of carbonyl (C=O) groups is 1. The van der Waals surface area contributed by atoms with Gasteiger partial charge in [-0.15, -0.1) is 0 Å². The van der Waals surface area contributed by atoms with E-state index in [-0.39, 0.29) is 30.4 Å². The number of carbonyl (C=O) groups excluding carboxylic acids is 1. The van der Waals surface area contributed by atoms with E-state index >= 15 is 0 Å². The number of rotatable bonds is 8. The van der Waals surface area contributed by atoms with Crippen LogP contribution >= 0.6 is 0 Å². The molecule has 162 valence electrons. The van der Waals surface area contributed by atoms with Crippen LogP contribution in [-0.4, -0.2) is 50.6 Å². The summed E-state index contributed by atoms with van der Waals surface area (Å²) in [7, 11) is 0. The van der Waals surface area contributed by atoms with Gasteiger partial charge in [-0.1, -0.05) is 24.3 Å². The second-order valence-electron chi connectivity index (χ2n) is 7.84. The van der Waals surface area contributed by atoms with Crippen LogP contribution in [0.15, 0.2) is 30.5 Å². The molecule has 2 atom stereocenters. The molecule has 9 heteroatoms. The van der Waals surface area contributed by atoms with E-state index in [0.29, 0.717) is 18.9 Å². The molecule has 0 radical (unpaired) electrons. The number of nitrogens with zero attached hydrogens (tertiary/aromatic N) is 4. The fraction of sp³-hybridized carbons (Fsp3) is 0.524. The number of benzene rings is 1. The standard InChI is InChI=1S/C21H29N5O4/c1-15-11-24(12-16(2)30-15)13-19-7-5-4-6-18(19)10-22-21(27)8-9-25-14-20(26(28)29)23-17(25)3/h4-7,14-16H,8-13H2,1-3H3,(H,22,27). The van der Waals surface area contributed by atoms with Crippen LogP contribution in [0, 0.1) is 17.0 Å². The molecule has 30 heavy (non-hydrogen) atoms. The molecule has 0 saturated carbocycles. The van der Waals surface area contributed by atoms with Gasteiger partial charge < -0.3 is 24.7 Å². The lowest BCUT2D eigenvalue weighted by Gasteiger charge is -2.35. The fourth-order valence-corrected chi connectivity index (χ4v) is 3.85. The van der Waals surface area contributed by atoms with E-state index in [0.717, 1.165) is 25.2 Å². The first-order valence-electron chi connectivity index (χ1n) is 10.2. The van der Waals surface area contributed by atoms with Crippen LogP contribution in [0.3, 0.4) is 0 Å². The van der Waals surface area contributed by atoms with Crippen molar-refractivity contribution in [2.45, 2.75) is 59.0 Å². The monoisotopic (exact) mass is 415 g/mol. The number of aromatic nitrogens is 2. The van der Waals surface area contributed by atoms with Gasteiger partial charge in [0.15, 0.2) is 0 Å². The first-order valence-corrected chi connectivity index (χ1v) is 10.2. The molecule has 0 aliphatic carbocycles. The van der Waals surface area contributed by atoms with Crippen LogP contribution in [-0.2, 0) is 29.2 Å². The summed E-state index contributed by atoms with van der Waals surface area (Å²) in [6.07, 6.45) is 2.02. The highest BCUT2D eigenvalue weighted by Crippen LogP contribution is 2.17. The molecule has 1 amide bonds. The van der Waals surface area contributed by atoms with Crippen molar-refractivity contribution in [3.8, 4) is 0 Å². The van der Waals surface area contributed by atoms with Gasteiger partial charge in [-0.05, 0) is 34.9 Å². The van der Waals surface area contributed by atoms with Crippen LogP contribution in [0.1, 0.15) is 37.2 Å². The molecule has 0 bridgehead atoms. The van der Waals surface area contributed by atoms with E-state index in [9.17, 15) is 14.9 Å². The van der Waals surface area contributed by atoms with Gasteiger partial charge in [0.1, 0.15) is 6.20 Å². The average Bonchev–Trinajstić information content (AvgIpc) is 3.06. The van der Waals surface area contributed by atoms with Crippen molar-refractivity contribution in [3.05, 3.63) is 57.5 Å². The minimum absolute atomic E-state index is 0.103. The summed E-state index contributed by atoms with van der Waals surface area (Å²) < 4.78 is 7.44. The normalized spacial score (nSPS) is 19.6. The molecular formula is C21H29N5O4. The Balaban J connectivity index is 1.53. The van der Waals surface area contributed by atoms with Crippen molar-refractivity contribution in [2.24, 2.45) is 0 Å². The smallest absolute Gasteiger partial charge is 0.373 e. The van der Waals surface area contributed by atoms with E-state index < -0.39 is 4.92 Å². The Morgan fingerprint density at radius 2 is 1.93 bits per heavy atom. The molecule has 1 fully saturated rings. The van der Waals surface area contributed by atoms with Gasteiger partial charge in [-0.3, -0.25) is 9.69 Å². The third-order valence-corrected chi connectivity index (χ3v) is 5.21. The van der Waals surface area contributed by atoms with Gasteiger partial charge >= 0.3 is 5.82 Å². The van der Waals surface area contributed by atoms with Crippen LogP contribution in [0.2, 0.25) is 0 Å². The van der Waals surface area contributed by atoms with Crippen molar-refractivity contribution in [2.75, 3.05) is 13.1 Å². The number of morpholine rings is 1. The molecule has 1 aromatic carbocycles. The van der Waals surface area contributed by atoms with Crippen LogP contribution in [0.5, 0.6) is 0 Å². The SMILES string of the molecule is Cc1nc([N+](=O)[O-])cn1CCC(=O)NCc1ccccc1CN1CC(C)OC(C)C1. The van der Waals surface area contributed by atoms with Gasteiger partial charge in [-0.25, -0.2) is 0 Å². The molecule has 0 spiro atoms. The molecule has 1 N–H and O–H groups in total. The van der Waals surface area contributed by atoms with Gasteiger partial charge in [0.05, 0.1) is 12.2 Å². The Kier molecular flexibility index (Phi) is 7.17. The summed E-state index contributed by atoms with van der Waals surface area (Å²) in [6, 6.07) is 8.12. The zero-order chi connectivity index (χ0) is 21.7. The molecule has 1 saturated heterocycles. The quantitative estimate of drug-likeness (QED) is 0.525. The number of nitro groups is 1. The molecule has 2 unspecified atom stereocenters. The van der Waals surface area contributed by atoms with Crippen molar-refractivity contribution in [3.63, 3.8) is 0 Å². The van der Waals surface area contributed by atoms with E-state index in [2.05, 4.69) is 35.1 Å². The number of nitrogens with one attached hydrogen (secondary N) is 1. The lowest BCUT2D eigenvalue weighted by molar-refractivity contribution is -0.389. The van der Waals surface area contributed by atoms with E-state index in [1.54, 1.807) is 11.5 Å². The maximum Gasteiger partial charge on any atom is 0.381 e. The largest absolute Gasteiger partial charge is 0.381 e. The number of ether oxygens (including phenoxy) is 1. The maximum atomic E-state index is 12.3. The Labute approximate surface area is 176 Å². The number of hydrogen-bond donors (Lipinski definition) is 1. The number of imidazole rings is 1. The first-order chi connectivity index (χ1) is 14.3. The average molecular weight is 415 g/mol. The van der Waals surface area contributed by atoms with Gasteiger partial charge in [0, 0.05) is 46.1 Å². The van der Waals surface area contributed by atoms with E-state index in [4.69, 9.17) is 4.74 Å². The first kappa shape index (κ1) is 21.9. The van der Waals surface area contributed by atoms with Crippen LogP contribution in [0.4, 0.5) is 5.82 Å². The highest BCUT2D eigenvalue weighted by molar-refractivity contribution is 5.75. The number of amides is 1. The molecule has 1 aliphatic rings. The fourth-order valence-electron chi connectivity index (χ4n) is 3.85. The van der Waals surface area contributed by atoms with Crippen LogP contribution < -0.4 is 5.32 Å². The second kappa shape index (κ2) is 9.82. The Bertz CT molecular complexity index is 887. The number of aryl methyl sites for hydroxylation is 2. The topological polar surface area (TPSA) is 103 Å². The Hall–Kier alpha value is -2.78. The summed E-state index contributed by atoms with van der Waals surface area (Å²) in [4.78, 5) is 28.9. The molecule has 1 aliphatic heterocycles. The molecule has 9 nitrogen and oxygen atoms in total. The summed E-state index contributed by atoms with van der Waals surface area (Å²) in [6.45, 7) is 9.27. The lowest BCUT2D eigenvalue weighted by atomic mass is 10.1. The van der Waals surface area contributed by atoms with Gasteiger partial charge in [0.2, 0.25) is 11.7 Å². The molecule has 3 rings (SSSR count). The minimum Gasteiger partial charge on any atom is -0.373 e. The number of hydrogen-bond acceptors (Lipinski definition) is 6. The highest BCUT2D eigenvalue weighted by atomic mass is 16.6. The third kappa shape index (κ3) is 5.87. The zero-order valence-electron chi connectivity index (χ0n) is 17.7. The summed E-state index contributed by atoms with van der Waals surface area (Å²) >= 11 is 0. The van der Waals surface area contributed by atoms with Crippen LogP contribution in [0.25, 0.3) is 0 Å². The highest BCUT2D eigenvalue weighted by Gasteiger charge is 2.22. The molecular weight excluding hydrogens is 386 g/mol. The summed E-state index contributed by atoms with van der Waals surface area (Å²) in [5.41, 5.74) is 2.28. The van der Waals surface area contributed by atoms with E-state index in [1.165, 1.54) is 11.8 Å². The van der Waals surface area contributed by atoms with Gasteiger partial charge in [0.25, 0.3) is 0 Å². The zero-order valence-corrected chi connectivity index (χ0v) is 17.7. The predicted molar refractivity (Wildman–Crippen MR) is 112 cm³/mol. The predicted octanol–water partition coefficient (Wildman–Crippen LogP) is 2.42. The third-order valence-electron chi connectivity index (χ3n) is 5.21. The summed E-state index contributed by atoms with van der Waals surface area (Å²) in [5.74, 6) is 0.219. The van der Waals surface area contributed by atoms with Crippen molar-refractivity contribution in [1.82, 2.24) is 19.8 Å². The van der Waals surface area contributed by atoms with Gasteiger partial charge in [-0.2, -0.15) is 0 Å². The minimum atomic E-state index is -0.531.